The number of hydrogen-bond donors (Lipinski definition) is 3. The Labute approximate surface area is 127 Å². The lowest BCUT2D eigenvalue weighted by Gasteiger charge is -2.12. The highest BCUT2D eigenvalue weighted by Crippen LogP contribution is 2.34. The zero-order valence-electron chi connectivity index (χ0n) is 10.9. The van der Waals surface area contributed by atoms with Gasteiger partial charge in [-0.15, -0.1) is 0 Å². The van der Waals surface area contributed by atoms with E-state index in [1.807, 2.05) is 0 Å². The van der Waals surface area contributed by atoms with Gasteiger partial charge in [-0.2, -0.15) is 0 Å². The molecule has 0 radical (unpaired) electrons. The van der Waals surface area contributed by atoms with Crippen LogP contribution in [0, 0.1) is 13.8 Å². The summed E-state index contributed by atoms with van der Waals surface area (Å²) in [4.78, 5) is 37.1. The summed E-state index contributed by atoms with van der Waals surface area (Å²) in [6, 6.07) is 0. The minimum Gasteiger partial charge on any atom is -0.477 e. The van der Waals surface area contributed by atoms with E-state index in [0.717, 1.165) is 0 Å². The van der Waals surface area contributed by atoms with Gasteiger partial charge in [0.25, 0.3) is 0 Å². The molecule has 21 heavy (non-hydrogen) atoms. The number of aromatic amines is 1. The summed E-state index contributed by atoms with van der Waals surface area (Å²) in [6.45, 7) is 3.16. The highest BCUT2D eigenvalue weighted by molar-refractivity contribution is 6.40. The normalized spacial score (nSPS) is 10.9. The predicted molar refractivity (Wildman–Crippen MR) is 78.0 cm³/mol. The monoisotopic (exact) mass is 329 g/mol. The number of H-pyrrole nitrogens is 1. The van der Waals surface area contributed by atoms with Crippen molar-refractivity contribution in [2.45, 2.75) is 13.8 Å². The molecule has 0 aliphatic heterocycles. The van der Waals surface area contributed by atoms with Crippen LogP contribution in [-0.2, 0) is 0 Å². The van der Waals surface area contributed by atoms with Crippen molar-refractivity contribution in [3.63, 3.8) is 0 Å². The summed E-state index contributed by atoms with van der Waals surface area (Å²) in [5.74, 6) is -3.20. The van der Waals surface area contributed by atoms with Gasteiger partial charge in [0.1, 0.15) is 11.3 Å². The Kier molecular flexibility index (Phi) is 3.69. The maximum atomic E-state index is 12.3. The fourth-order valence-electron chi connectivity index (χ4n) is 2.13. The Hall–Kier alpha value is -2.05. The van der Waals surface area contributed by atoms with Crippen molar-refractivity contribution in [3.05, 3.63) is 42.7 Å². The predicted octanol–water partition coefficient (Wildman–Crippen LogP) is 2.85. The number of carboxylic acid groups (broad SMARTS) is 2. The van der Waals surface area contributed by atoms with Gasteiger partial charge in [0, 0.05) is 5.02 Å². The number of aryl methyl sites for hydroxylation is 1. The molecule has 0 saturated heterocycles. The molecule has 0 aliphatic carbocycles. The molecule has 0 amide bonds. The SMILES string of the molecule is Cc1c(Cl)c(C)c2[nH]c(C(=O)O)c(C(=O)O)c(=O)c2c1Cl. The molecule has 1 aromatic carbocycles. The van der Waals surface area contributed by atoms with Crippen molar-refractivity contribution in [1.82, 2.24) is 4.98 Å². The molecular formula is C13H9Cl2NO5. The first-order chi connectivity index (χ1) is 9.68. The van der Waals surface area contributed by atoms with Crippen LogP contribution in [-0.4, -0.2) is 27.1 Å². The number of nitrogens with one attached hydrogen (secondary N) is 1. The molecule has 2 rings (SSSR count). The number of hydrogen-bond acceptors (Lipinski definition) is 3. The van der Waals surface area contributed by atoms with Crippen LogP contribution in [0.15, 0.2) is 4.79 Å². The topological polar surface area (TPSA) is 107 Å². The Morgan fingerprint density at radius 1 is 1.00 bits per heavy atom. The van der Waals surface area contributed by atoms with Gasteiger partial charge in [0.05, 0.1) is 15.9 Å². The highest BCUT2D eigenvalue weighted by Gasteiger charge is 2.26. The number of benzene rings is 1. The molecule has 0 bridgehead atoms. The van der Waals surface area contributed by atoms with Gasteiger partial charge >= 0.3 is 11.9 Å². The number of halogens is 2. The van der Waals surface area contributed by atoms with Crippen LogP contribution in [0.2, 0.25) is 10.0 Å². The molecule has 2 aromatic rings. The van der Waals surface area contributed by atoms with Gasteiger partial charge in [-0.1, -0.05) is 23.2 Å². The van der Waals surface area contributed by atoms with E-state index < -0.39 is 28.6 Å². The standard InChI is InChI=1S/C13H9Cl2NO5/c1-3-7(14)4(2)9-5(8(3)15)11(17)6(12(18)19)10(16-9)13(20)21/h1-2H3,(H,16,17)(H,18,19)(H,20,21). The summed E-state index contributed by atoms with van der Waals surface area (Å²) in [5, 5.41) is 18.4. The Bertz CT molecular complexity index is 869. The summed E-state index contributed by atoms with van der Waals surface area (Å²) in [5.41, 5.74) is -1.57. The van der Waals surface area contributed by atoms with Gasteiger partial charge in [-0.25, -0.2) is 9.59 Å². The maximum Gasteiger partial charge on any atom is 0.353 e. The lowest BCUT2D eigenvalue weighted by atomic mass is 10.0. The Morgan fingerprint density at radius 2 is 1.57 bits per heavy atom. The summed E-state index contributed by atoms with van der Waals surface area (Å²) < 4.78 is 0. The number of aromatic carboxylic acids is 2. The molecule has 1 heterocycles. The van der Waals surface area contributed by atoms with Gasteiger partial charge in [0.15, 0.2) is 0 Å². The van der Waals surface area contributed by atoms with Gasteiger partial charge in [-0.05, 0) is 25.0 Å². The molecule has 1 aromatic heterocycles. The molecule has 0 saturated carbocycles. The largest absolute Gasteiger partial charge is 0.477 e. The minimum atomic E-state index is -1.64. The van der Waals surface area contributed by atoms with E-state index in [0.29, 0.717) is 11.1 Å². The van der Waals surface area contributed by atoms with Crippen molar-refractivity contribution in [2.24, 2.45) is 0 Å². The van der Waals surface area contributed by atoms with E-state index in [1.54, 1.807) is 13.8 Å². The molecule has 0 spiro atoms. The highest BCUT2D eigenvalue weighted by atomic mass is 35.5. The van der Waals surface area contributed by atoms with Crippen molar-refractivity contribution in [3.8, 4) is 0 Å². The van der Waals surface area contributed by atoms with E-state index in [-0.39, 0.29) is 20.9 Å². The van der Waals surface area contributed by atoms with E-state index >= 15 is 0 Å². The zero-order valence-corrected chi connectivity index (χ0v) is 12.4. The first-order valence-corrected chi connectivity index (χ1v) is 6.44. The molecule has 0 atom stereocenters. The van der Waals surface area contributed by atoms with E-state index in [1.165, 1.54) is 0 Å². The molecule has 110 valence electrons. The number of fused-ring (bicyclic) bond motifs is 1. The van der Waals surface area contributed by atoms with E-state index in [9.17, 15) is 14.4 Å². The van der Waals surface area contributed by atoms with Crippen LogP contribution in [0.3, 0.4) is 0 Å². The van der Waals surface area contributed by atoms with Gasteiger partial charge in [0.2, 0.25) is 5.43 Å². The summed E-state index contributed by atoms with van der Waals surface area (Å²) in [7, 11) is 0. The van der Waals surface area contributed by atoms with E-state index in [2.05, 4.69) is 4.98 Å². The van der Waals surface area contributed by atoms with Crippen LogP contribution >= 0.6 is 23.2 Å². The number of rotatable bonds is 2. The van der Waals surface area contributed by atoms with Crippen molar-refractivity contribution < 1.29 is 19.8 Å². The first-order valence-electron chi connectivity index (χ1n) is 5.69. The second kappa shape index (κ2) is 5.05. The van der Waals surface area contributed by atoms with E-state index in [4.69, 9.17) is 33.4 Å². The third kappa shape index (κ3) is 2.16. The lowest BCUT2D eigenvalue weighted by Crippen LogP contribution is -2.23. The zero-order chi connectivity index (χ0) is 16.1. The molecule has 0 fully saturated rings. The van der Waals surface area contributed by atoms with Gasteiger partial charge in [-0.3, -0.25) is 4.79 Å². The Balaban J connectivity index is 3.20. The number of carboxylic acids is 2. The average molecular weight is 330 g/mol. The van der Waals surface area contributed by atoms with Gasteiger partial charge < -0.3 is 15.2 Å². The van der Waals surface area contributed by atoms with Crippen LogP contribution < -0.4 is 5.43 Å². The average Bonchev–Trinajstić information content (AvgIpc) is 2.41. The number of aromatic nitrogens is 1. The molecule has 8 heteroatoms. The third-order valence-electron chi connectivity index (χ3n) is 3.21. The molecule has 0 aliphatic rings. The summed E-state index contributed by atoms with van der Waals surface area (Å²) in [6.07, 6.45) is 0. The minimum absolute atomic E-state index is 0.00119. The maximum absolute atomic E-state index is 12.3. The van der Waals surface area contributed by atoms with Crippen LogP contribution in [0.1, 0.15) is 32.0 Å². The lowest BCUT2D eigenvalue weighted by molar-refractivity contribution is 0.0646. The van der Waals surface area contributed by atoms with Crippen LogP contribution in [0.5, 0.6) is 0 Å². The quantitative estimate of drug-likeness (QED) is 0.785. The third-order valence-corrected chi connectivity index (χ3v) is 4.25. The fraction of sp³-hybridized carbons (Fsp3) is 0.154. The summed E-state index contributed by atoms with van der Waals surface area (Å²) >= 11 is 12.2. The van der Waals surface area contributed by atoms with Crippen molar-refractivity contribution in [1.29, 1.82) is 0 Å². The van der Waals surface area contributed by atoms with Crippen LogP contribution in [0.4, 0.5) is 0 Å². The van der Waals surface area contributed by atoms with Crippen molar-refractivity contribution in [2.75, 3.05) is 0 Å². The van der Waals surface area contributed by atoms with Crippen molar-refractivity contribution >= 4 is 46.0 Å². The van der Waals surface area contributed by atoms with Crippen LogP contribution in [0.25, 0.3) is 10.9 Å². The first kappa shape index (κ1) is 15.3. The smallest absolute Gasteiger partial charge is 0.353 e. The second-order valence-electron chi connectivity index (χ2n) is 4.44. The molecule has 6 nitrogen and oxygen atoms in total. The molecule has 0 unspecified atom stereocenters. The fourth-order valence-corrected chi connectivity index (χ4v) is 2.64. The number of carbonyl (C=O) groups is 2. The number of pyridine rings is 1. The second-order valence-corrected chi connectivity index (χ2v) is 5.20. The molecule has 3 N–H and O–H groups in total. The molecular weight excluding hydrogens is 321 g/mol. The Morgan fingerprint density at radius 3 is 2.05 bits per heavy atom.